The summed E-state index contributed by atoms with van der Waals surface area (Å²) in [5.74, 6) is 3.70. The Labute approximate surface area is 274 Å². The molecule has 0 saturated heterocycles. The minimum Gasteiger partial charge on any atom is -0.458 e. The number of para-hydroxylation sites is 4. The van der Waals surface area contributed by atoms with Gasteiger partial charge in [-0.05, 0) is 87.4 Å². The van der Waals surface area contributed by atoms with E-state index in [1.54, 1.807) is 0 Å². The first-order chi connectivity index (χ1) is 23.8. The van der Waals surface area contributed by atoms with Crippen LogP contribution >= 0.6 is 0 Å². The van der Waals surface area contributed by atoms with Crippen LogP contribution in [0.25, 0.3) is 55.2 Å². The van der Waals surface area contributed by atoms with Gasteiger partial charge in [-0.3, -0.25) is 4.57 Å². The van der Waals surface area contributed by atoms with E-state index in [0.29, 0.717) is 0 Å². The molecule has 0 bridgehead atoms. The molecule has 9 aromatic rings. The maximum Gasteiger partial charge on any atom is 0.256 e. The fourth-order valence-electron chi connectivity index (χ4n) is 9.44. The van der Waals surface area contributed by atoms with Crippen LogP contribution in [0.1, 0.15) is 0 Å². The second kappa shape index (κ2) is 8.01. The third-order valence-corrected chi connectivity index (χ3v) is 11.2. The van der Waals surface area contributed by atoms with Crippen molar-refractivity contribution < 1.29 is 9.47 Å². The molecule has 5 nitrogen and oxygen atoms in total. The third-order valence-electron chi connectivity index (χ3n) is 11.2. The van der Waals surface area contributed by atoms with Crippen molar-refractivity contribution in [2.45, 2.75) is 0 Å². The molecule has 7 heterocycles. The predicted molar refractivity (Wildman–Crippen MR) is 195 cm³/mol. The van der Waals surface area contributed by atoms with Gasteiger partial charge in [-0.2, -0.15) is 0 Å². The molecule has 7 heteroatoms. The molecule has 0 saturated carbocycles. The van der Waals surface area contributed by atoms with Crippen LogP contribution < -0.4 is 42.3 Å². The van der Waals surface area contributed by atoms with Gasteiger partial charge in [0.25, 0.3) is 13.4 Å². The van der Waals surface area contributed by atoms with Crippen molar-refractivity contribution in [3.63, 3.8) is 0 Å². The number of benzene rings is 6. The summed E-state index contributed by atoms with van der Waals surface area (Å²) in [5, 5.41) is 3.48. The van der Waals surface area contributed by atoms with Crippen LogP contribution in [-0.4, -0.2) is 27.5 Å². The second-order valence-electron chi connectivity index (χ2n) is 13.4. The molecular formula is C41H21B2N3O2. The first kappa shape index (κ1) is 24.0. The van der Waals surface area contributed by atoms with E-state index in [9.17, 15) is 0 Å². The first-order valence-corrected chi connectivity index (χ1v) is 16.5. The molecular weight excluding hydrogens is 588 g/mol. The van der Waals surface area contributed by atoms with E-state index in [1.807, 2.05) is 0 Å². The minimum absolute atomic E-state index is 0.0922. The SMILES string of the molecule is c1ccc2c(c1)Oc1ccc3c4nc5c(cc4n4c3c1B2c1ccccc1-4)c1ccc2c3c1n5-c1ccccc1B3c1ccccc1O2. The molecule has 3 aromatic heterocycles. The third kappa shape index (κ3) is 2.60. The van der Waals surface area contributed by atoms with E-state index >= 15 is 0 Å². The molecule has 4 aliphatic heterocycles. The fraction of sp³-hybridized carbons (Fsp3) is 0. The van der Waals surface area contributed by atoms with Crippen LogP contribution in [0.5, 0.6) is 23.0 Å². The molecule has 0 spiro atoms. The van der Waals surface area contributed by atoms with Gasteiger partial charge >= 0.3 is 0 Å². The lowest BCUT2D eigenvalue weighted by molar-refractivity contribution is 0.487. The Morgan fingerprint density at radius 3 is 1.62 bits per heavy atom. The number of ether oxygens (including phenoxy) is 2. The quantitative estimate of drug-likeness (QED) is 0.224. The van der Waals surface area contributed by atoms with Crippen molar-refractivity contribution in [3.8, 4) is 34.4 Å². The van der Waals surface area contributed by atoms with Crippen molar-refractivity contribution in [2.75, 3.05) is 0 Å². The number of aromatic nitrogens is 3. The predicted octanol–water partition coefficient (Wildman–Crippen LogP) is 5.15. The Morgan fingerprint density at radius 1 is 0.458 bits per heavy atom. The van der Waals surface area contributed by atoms with Gasteiger partial charge in [0.05, 0.1) is 22.1 Å². The summed E-state index contributed by atoms with van der Waals surface area (Å²) in [6.45, 7) is 0.184. The second-order valence-corrected chi connectivity index (χ2v) is 13.4. The molecule has 0 N–H and O–H groups in total. The average molecular weight is 609 g/mol. The van der Waals surface area contributed by atoms with Crippen LogP contribution in [0.15, 0.2) is 127 Å². The van der Waals surface area contributed by atoms with Crippen LogP contribution in [0.4, 0.5) is 0 Å². The highest BCUT2D eigenvalue weighted by Crippen LogP contribution is 2.42. The molecule has 0 aliphatic carbocycles. The van der Waals surface area contributed by atoms with E-state index in [1.165, 1.54) is 60.6 Å². The Balaban J connectivity index is 1.20. The van der Waals surface area contributed by atoms with Gasteiger partial charge in [-0.25, -0.2) is 4.98 Å². The van der Waals surface area contributed by atoms with E-state index < -0.39 is 0 Å². The van der Waals surface area contributed by atoms with Crippen molar-refractivity contribution >= 4 is 90.1 Å². The van der Waals surface area contributed by atoms with E-state index in [2.05, 4.69) is 137 Å². The van der Waals surface area contributed by atoms with E-state index in [-0.39, 0.29) is 13.4 Å². The largest absolute Gasteiger partial charge is 0.458 e. The number of hydrogen-bond acceptors (Lipinski definition) is 3. The highest BCUT2D eigenvalue weighted by Gasteiger charge is 2.42. The smallest absolute Gasteiger partial charge is 0.256 e. The van der Waals surface area contributed by atoms with Gasteiger partial charge in [0.2, 0.25) is 0 Å². The number of rotatable bonds is 0. The molecule has 6 aromatic carbocycles. The Morgan fingerprint density at radius 2 is 0.979 bits per heavy atom. The number of pyridine rings is 1. The summed E-state index contributed by atoms with van der Waals surface area (Å²) in [7, 11) is 0. The normalized spacial score (nSPS) is 14.1. The lowest BCUT2D eigenvalue weighted by atomic mass is 9.34. The standard InChI is InChI=1S/C41H21B2N3O2/c1-5-13-29-25(9-1)42-27-11-3-7-15-32(27)48-35-20-18-23-38-31(45(29)40(23)37(35)42)21-24-22-17-19-34-36-39(22)46(41(24)44-38)30-14-6-2-10-26(30)43(36)28-12-4-8-16-33(28)47-34/h1-21H. The number of nitrogens with zero attached hydrogens (tertiary/aromatic N) is 3. The highest BCUT2D eigenvalue weighted by atomic mass is 16.5. The molecule has 0 radical (unpaired) electrons. The topological polar surface area (TPSA) is 41.2 Å². The zero-order chi connectivity index (χ0) is 30.8. The van der Waals surface area contributed by atoms with Crippen molar-refractivity contribution in [1.82, 2.24) is 14.1 Å². The van der Waals surface area contributed by atoms with Gasteiger partial charge in [-0.15, -0.1) is 0 Å². The monoisotopic (exact) mass is 609 g/mol. The fourth-order valence-corrected chi connectivity index (χ4v) is 9.44. The Bertz CT molecular complexity index is 2790. The molecule has 0 unspecified atom stereocenters. The first-order valence-electron chi connectivity index (χ1n) is 16.5. The maximum atomic E-state index is 6.58. The van der Waals surface area contributed by atoms with Crippen LogP contribution in [-0.2, 0) is 0 Å². The van der Waals surface area contributed by atoms with Gasteiger partial charge in [0.1, 0.15) is 28.6 Å². The van der Waals surface area contributed by atoms with Crippen molar-refractivity contribution in [1.29, 1.82) is 0 Å². The molecule has 218 valence electrons. The van der Waals surface area contributed by atoms with Crippen molar-refractivity contribution in [3.05, 3.63) is 127 Å². The summed E-state index contributed by atoms with van der Waals surface area (Å²) in [4.78, 5) is 5.64. The van der Waals surface area contributed by atoms with Crippen LogP contribution in [0, 0.1) is 0 Å². The highest BCUT2D eigenvalue weighted by molar-refractivity contribution is 7.00. The van der Waals surface area contributed by atoms with E-state index in [0.717, 1.165) is 50.5 Å². The molecule has 48 heavy (non-hydrogen) atoms. The average Bonchev–Trinajstić information content (AvgIpc) is 3.65. The molecule has 0 fully saturated rings. The lowest BCUT2D eigenvalue weighted by Crippen LogP contribution is -2.58. The van der Waals surface area contributed by atoms with Crippen molar-refractivity contribution in [2.24, 2.45) is 0 Å². The molecule has 0 amide bonds. The van der Waals surface area contributed by atoms with Gasteiger partial charge in [0.15, 0.2) is 0 Å². The van der Waals surface area contributed by atoms with Crippen LogP contribution in [0.2, 0.25) is 0 Å². The molecule has 4 aliphatic rings. The molecule has 0 atom stereocenters. The van der Waals surface area contributed by atoms with Gasteiger partial charge in [0, 0.05) is 27.5 Å². The summed E-state index contributed by atoms with van der Waals surface area (Å²) in [6.07, 6.45) is 0. The molecule has 13 rings (SSSR count). The van der Waals surface area contributed by atoms with Gasteiger partial charge < -0.3 is 14.0 Å². The number of fused-ring (bicyclic) bond motifs is 16. The van der Waals surface area contributed by atoms with E-state index in [4.69, 9.17) is 14.5 Å². The Hall–Kier alpha value is -6.20. The number of hydrogen-bond donors (Lipinski definition) is 0. The Kier molecular flexibility index (Phi) is 4.01. The maximum absolute atomic E-state index is 6.58. The summed E-state index contributed by atoms with van der Waals surface area (Å²) >= 11 is 0. The van der Waals surface area contributed by atoms with Gasteiger partial charge in [-0.1, -0.05) is 72.8 Å². The summed E-state index contributed by atoms with van der Waals surface area (Å²) in [6, 6.07) is 45.7. The zero-order valence-corrected chi connectivity index (χ0v) is 25.4. The van der Waals surface area contributed by atoms with Crippen LogP contribution in [0.3, 0.4) is 0 Å². The lowest BCUT2D eigenvalue weighted by Gasteiger charge is -2.32. The zero-order valence-electron chi connectivity index (χ0n) is 25.4. The summed E-state index contributed by atoms with van der Waals surface area (Å²) in [5.41, 5.74) is 15.3. The summed E-state index contributed by atoms with van der Waals surface area (Å²) < 4.78 is 18.0. The minimum atomic E-state index is 0.0922.